The highest BCUT2D eigenvalue weighted by Gasteiger charge is 2.29. The molecule has 176 valence electrons. The van der Waals surface area contributed by atoms with Crippen molar-refractivity contribution in [1.29, 1.82) is 0 Å². The summed E-state index contributed by atoms with van der Waals surface area (Å²) in [7, 11) is 0. The van der Waals surface area contributed by atoms with Crippen LogP contribution in [-0.2, 0) is 16.0 Å². The summed E-state index contributed by atoms with van der Waals surface area (Å²) in [4.78, 5) is 24.7. The number of hydrogen-bond acceptors (Lipinski definition) is 4. The lowest BCUT2D eigenvalue weighted by molar-refractivity contribution is -0.117. The van der Waals surface area contributed by atoms with E-state index in [1.165, 1.54) is 5.56 Å². The molecule has 0 unspecified atom stereocenters. The van der Waals surface area contributed by atoms with Gasteiger partial charge in [0.15, 0.2) is 0 Å². The maximum Gasteiger partial charge on any atom is 0.243 e. The van der Waals surface area contributed by atoms with E-state index in [4.69, 9.17) is 4.74 Å². The Kier molecular flexibility index (Phi) is 7.81. The number of aryl methyl sites for hydroxylation is 1. The summed E-state index contributed by atoms with van der Waals surface area (Å²) in [6.45, 7) is 2.59. The summed E-state index contributed by atoms with van der Waals surface area (Å²) in [5.74, 6) is 0.730. The minimum absolute atomic E-state index is 0.0496. The van der Waals surface area contributed by atoms with Crippen LogP contribution in [0.4, 0.5) is 17.1 Å². The first kappa shape index (κ1) is 23.4. The van der Waals surface area contributed by atoms with Crippen LogP contribution in [0.2, 0.25) is 0 Å². The summed E-state index contributed by atoms with van der Waals surface area (Å²) >= 11 is 0. The van der Waals surface area contributed by atoms with Crippen LogP contribution < -0.4 is 20.7 Å². The molecule has 0 radical (unpaired) electrons. The van der Waals surface area contributed by atoms with Gasteiger partial charge in [0.05, 0.1) is 18.8 Å². The third kappa shape index (κ3) is 6.61. The van der Waals surface area contributed by atoms with Crippen LogP contribution in [0.5, 0.6) is 5.75 Å². The van der Waals surface area contributed by atoms with E-state index in [0.717, 1.165) is 48.4 Å². The van der Waals surface area contributed by atoms with Gasteiger partial charge in [0.2, 0.25) is 11.8 Å². The molecule has 1 fully saturated rings. The molecule has 4 rings (SSSR count). The highest BCUT2D eigenvalue weighted by molar-refractivity contribution is 5.98. The van der Waals surface area contributed by atoms with Gasteiger partial charge in [0.1, 0.15) is 5.75 Å². The van der Waals surface area contributed by atoms with Crippen molar-refractivity contribution in [2.45, 2.75) is 32.6 Å². The molecule has 1 saturated carbocycles. The first-order valence-corrected chi connectivity index (χ1v) is 11.8. The third-order valence-electron chi connectivity index (χ3n) is 5.85. The van der Waals surface area contributed by atoms with Gasteiger partial charge >= 0.3 is 0 Å². The largest absolute Gasteiger partial charge is 0.491 e. The molecule has 0 saturated heterocycles. The molecule has 6 heteroatoms. The van der Waals surface area contributed by atoms with Crippen LogP contribution >= 0.6 is 0 Å². The maximum atomic E-state index is 12.6. The molecule has 2 amide bonds. The molecule has 0 spiro atoms. The topological polar surface area (TPSA) is 79.5 Å². The fourth-order valence-electron chi connectivity index (χ4n) is 3.70. The van der Waals surface area contributed by atoms with Crippen LogP contribution in [0.15, 0.2) is 72.8 Å². The molecule has 3 N–H and O–H groups in total. The number of carbonyl (C=O) groups is 2. The van der Waals surface area contributed by atoms with Gasteiger partial charge in [-0.05, 0) is 68.0 Å². The van der Waals surface area contributed by atoms with E-state index >= 15 is 0 Å². The zero-order valence-corrected chi connectivity index (χ0v) is 19.5. The standard InChI is InChI=1S/C28H31N3O3/c1-20-23(13-7-14-24(20)31-28(33)22-16-17-22)30-27(32)19-29-25-12-5-6-15-26(25)34-18-8-11-21-9-3-2-4-10-21/h2-7,9-10,12-15,22,29H,8,11,16-19H2,1H3,(H,30,32)(H,31,33). The van der Waals surface area contributed by atoms with Gasteiger partial charge in [-0.1, -0.05) is 48.5 Å². The van der Waals surface area contributed by atoms with Crippen molar-refractivity contribution in [3.05, 3.63) is 83.9 Å². The number of carbonyl (C=O) groups excluding carboxylic acids is 2. The number of ether oxygens (including phenoxy) is 1. The van der Waals surface area contributed by atoms with Crippen molar-refractivity contribution in [2.75, 3.05) is 29.1 Å². The zero-order valence-electron chi connectivity index (χ0n) is 19.5. The Morgan fingerprint density at radius 1 is 0.853 bits per heavy atom. The van der Waals surface area contributed by atoms with Crippen molar-refractivity contribution in [1.82, 2.24) is 0 Å². The number of anilines is 3. The average Bonchev–Trinajstić information content (AvgIpc) is 3.70. The van der Waals surface area contributed by atoms with Gasteiger partial charge in [0, 0.05) is 17.3 Å². The highest BCUT2D eigenvalue weighted by atomic mass is 16.5. The second kappa shape index (κ2) is 11.4. The minimum atomic E-state index is -0.173. The second-order valence-electron chi connectivity index (χ2n) is 8.58. The molecule has 3 aromatic carbocycles. The molecular weight excluding hydrogens is 426 g/mol. The molecule has 6 nitrogen and oxygen atoms in total. The number of benzene rings is 3. The predicted molar refractivity (Wildman–Crippen MR) is 136 cm³/mol. The molecule has 34 heavy (non-hydrogen) atoms. The second-order valence-corrected chi connectivity index (χ2v) is 8.58. The van der Waals surface area contributed by atoms with E-state index in [9.17, 15) is 9.59 Å². The monoisotopic (exact) mass is 457 g/mol. The van der Waals surface area contributed by atoms with Crippen molar-refractivity contribution in [3.8, 4) is 5.75 Å². The van der Waals surface area contributed by atoms with Crippen LogP contribution in [0.1, 0.15) is 30.4 Å². The number of rotatable bonds is 11. The Bertz CT molecular complexity index is 1130. The fourth-order valence-corrected chi connectivity index (χ4v) is 3.70. The average molecular weight is 458 g/mol. The summed E-state index contributed by atoms with van der Waals surface area (Å²) in [5, 5.41) is 9.07. The van der Waals surface area contributed by atoms with Gasteiger partial charge in [-0.3, -0.25) is 9.59 Å². The first-order chi connectivity index (χ1) is 16.6. The molecular formula is C28H31N3O3. The minimum Gasteiger partial charge on any atom is -0.491 e. The zero-order chi connectivity index (χ0) is 23.8. The lowest BCUT2D eigenvalue weighted by atomic mass is 10.1. The van der Waals surface area contributed by atoms with E-state index < -0.39 is 0 Å². The van der Waals surface area contributed by atoms with Gasteiger partial charge in [-0.15, -0.1) is 0 Å². The van der Waals surface area contributed by atoms with E-state index in [2.05, 4.69) is 28.1 Å². The number of hydrogen-bond donors (Lipinski definition) is 3. The molecule has 0 aliphatic heterocycles. The number of para-hydroxylation sites is 2. The molecule has 3 aromatic rings. The van der Waals surface area contributed by atoms with Crippen LogP contribution in [0.25, 0.3) is 0 Å². The Morgan fingerprint density at radius 3 is 2.29 bits per heavy atom. The molecule has 0 aromatic heterocycles. The fraction of sp³-hybridized carbons (Fsp3) is 0.286. The Balaban J connectivity index is 1.27. The van der Waals surface area contributed by atoms with Gasteiger partial charge in [-0.2, -0.15) is 0 Å². The summed E-state index contributed by atoms with van der Waals surface area (Å²) in [6, 6.07) is 23.5. The van der Waals surface area contributed by atoms with Crippen molar-refractivity contribution in [3.63, 3.8) is 0 Å². The van der Waals surface area contributed by atoms with E-state index in [0.29, 0.717) is 12.3 Å². The van der Waals surface area contributed by atoms with E-state index in [-0.39, 0.29) is 24.3 Å². The van der Waals surface area contributed by atoms with Gasteiger partial charge in [0.25, 0.3) is 0 Å². The van der Waals surface area contributed by atoms with E-state index in [1.807, 2.05) is 67.6 Å². The highest BCUT2D eigenvalue weighted by Crippen LogP contribution is 2.31. The number of nitrogens with one attached hydrogen (secondary N) is 3. The van der Waals surface area contributed by atoms with Crippen molar-refractivity contribution in [2.24, 2.45) is 5.92 Å². The van der Waals surface area contributed by atoms with Crippen LogP contribution in [0.3, 0.4) is 0 Å². The third-order valence-corrected chi connectivity index (χ3v) is 5.85. The van der Waals surface area contributed by atoms with Crippen molar-refractivity contribution < 1.29 is 14.3 Å². The Morgan fingerprint density at radius 2 is 1.53 bits per heavy atom. The van der Waals surface area contributed by atoms with Gasteiger partial charge < -0.3 is 20.7 Å². The quantitative estimate of drug-likeness (QED) is 0.337. The lowest BCUT2D eigenvalue weighted by Crippen LogP contribution is -2.23. The molecule has 0 atom stereocenters. The first-order valence-electron chi connectivity index (χ1n) is 11.8. The molecule has 1 aliphatic carbocycles. The SMILES string of the molecule is Cc1c(NC(=O)CNc2ccccc2OCCCc2ccccc2)cccc1NC(=O)C1CC1. The summed E-state index contributed by atoms with van der Waals surface area (Å²) in [6.07, 6.45) is 3.76. The van der Waals surface area contributed by atoms with Gasteiger partial charge in [-0.25, -0.2) is 0 Å². The maximum absolute atomic E-state index is 12.6. The smallest absolute Gasteiger partial charge is 0.243 e. The normalized spacial score (nSPS) is 12.6. The Hall–Kier alpha value is -3.80. The lowest BCUT2D eigenvalue weighted by Gasteiger charge is -2.15. The molecule has 0 heterocycles. The van der Waals surface area contributed by atoms with E-state index in [1.54, 1.807) is 0 Å². The summed E-state index contributed by atoms with van der Waals surface area (Å²) in [5.41, 5.74) is 4.33. The predicted octanol–water partition coefficient (Wildman–Crippen LogP) is 5.41. The van der Waals surface area contributed by atoms with Crippen LogP contribution in [0, 0.1) is 12.8 Å². The molecule has 0 bridgehead atoms. The van der Waals surface area contributed by atoms with Crippen molar-refractivity contribution >= 4 is 28.9 Å². The summed E-state index contributed by atoms with van der Waals surface area (Å²) < 4.78 is 5.97. The Labute approximate surface area is 200 Å². The molecule has 1 aliphatic rings. The number of amides is 2. The van der Waals surface area contributed by atoms with Crippen LogP contribution in [-0.4, -0.2) is 25.0 Å².